The summed E-state index contributed by atoms with van der Waals surface area (Å²) in [5, 5.41) is 8.83. The van der Waals surface area contributed by atoms with Crippen LogP contribution in [-0.4, -0.2) is 70.4 Å². The Hall–Kier alpha value is -2.99. The van der Waals surface area contributed by atoms with Crippen LogP contribution in [0.1, 0.15) is 6.42 Å². The van der Waals surface area contributed by atoms with E-state index in [1.165, 1.54) is 0 Å². The number of primary amides is 1. The molecule has 0 aliphatic carbocycles. The van der Waals surface area contributed by atoms with Gasteiger partial charge in [0.1, 0.15) is 12.6 Å². The highest BCUT2D eigenvalue weighted by Gasteiger charge is 2.66. The maximum atomic E-state index is 12.7. The molecular formula is C13H12F3N3O7. The van der Waals surface area contributed by atoms with Gasteiger partial charge in [-0.1, -0.05) is 0 Å². The lowest BCUT2D eigenvalue weighted by molar-refractivity contribution is -0.199. The fourth-order valence-electron chi connectivity index (χ4n) is 3.64. The molecule has 0 spiro atoms. The van der Waals surface area contributed by atoms with Crippen molar-refractivity contribution < 1.29 is 46.9 Å². The quantitative estimate of drug-likeness (QED) is 0.519. The Kier molecular flexibility index (Phi) is 3.96. The first-order valence-corrected chi connectivity index (χ1v) is 7.31. The number of carboxylic acid groups (broad SMARTS) is 1. The number of carbonyl (C=O) groups is 4. The predicted molar refractivity (Wildman–Crippen MR) is 72.0 cm³/mol. The number of likely N-dealkylation sites (tertiary alicyclic amines) is 1. The summed E-state index contributed by atoms with van der Waals surface area (Å²) in [4.78, 5) is 46.8. The predicted octanol–water partition coefficient (Wildman–Crippen LogP) is -0.00830. The molecule has 0 radical (unpaired) electrons. The molecule has 26 heavy (non-hydrogen) atoms. The van der Waals surface area contributed by atoms with Gasteiger partial charge in [0.15, 0.2) is 0 Å². The second kappa shape index (κ2) is 5.78. The maximum Gasteiger partial charge on any atom is 0.512 e. The first-order valence-electron chi connectivity index (χ1n) is 7.31. The van der Waals surface area contributed by atoms with Gasteiger partial charge >= 0.3 is 24.3 Å². The summed E-state index contributed by atoms with van der Waals surface area (Å²) in [6, 6.07) is -2.30. The lowest BCUT2D eigenvalue weighted by Gasteiger charge is -2.53. The zero-order chi connectivity index (χ0) is 19.4. The van der Waals surface area contributed by atoms with Crippen LogP contribution in [0.15, 0.2) is 11.5 Å². The van der Waals surface area contributed by atoms with Crippen molar-refractivity contribution in [3.8, 4) is 0 Å². The number of rotatable bonds is 3. The smallest absolute Gasteiger partial charge is 0.449 e. The normalized spacial score (nSPS) is 27.0. The first-order chi connectivity index (χ1) is 12.0. The molecule has 3 rings (SSSR count). The molecule has 1 unspecified atom stereocenters. The molecule has 0 aromatic carbocycles. The monoisotopic (exact) mass is 379 g/mol. The van der Waals surface area contributed by atoms with Crippen molar-refractivity contribution >= 4 is 24.1 Å². The minimum Gasteiger partial charge on any atom is -0.449 e. The molecule has 3 atom stereocenters. The molecule has 3 aliphatic heterocycles. The second-order valence-corrected chi connectivity index (χ2v) is 5.84. The molecule has 0 aromatic rings. The number of alkyl halides is 3. The lowest BCUT2D eigenvalue weighted by atomic mass is 9.78. The molecule has 0 aromatic heterocycles. The van der Waals surface area contributed by atoms with Crippen LogP contribution in [0, 0.1) is 5.92 Å². The fraction of sp³-hybridized carbons (Fsp3) is 0.538. The van der Waals surface area contributed by atoms with Gasteiger partial charge in [-0.05, 0) is 6.42 Å². The van der Waals surface area contributed by atoms with Crippen molar-refractivity contribution in [2.24, 2.45) is 11.7 Å². The van der Waals surface area contributed by atoms with Crippen molar-refractivity contribution in [3.05, 3.63) is 11.5 Å². The number of hydrogen-bond acceptors (Lipinski definition) is 6. The van der Waals surface area contributed by atoms with E-state index < -0.39 is 60.7 Å². The van der Waals surface area contributed by atoms with Crippen molar-refractivity contribution in [3.63, 3.8) is 0 Å². The van der Waals surface area contributed by atoms with E-state index in [0.29, 0.717) is 4.90 Å². The fourth-order valence-corrected chi connectivity index (χ4v) is 3.64. The van der Waals surface area contributed by atoms with Crippen LogP contribution in [0.5, 0.6) is 0 Å². The number of nitrogens with two attached hydrogens (primary N) is 1. The van der Waals surface area contributed by atoms with E-state index in [9.17, 15) is 32.3 Å². The number of nitrogens with zero attached hydrogens (tertiary/aromatic N) is 2. The number of β-lactam (4-membered cyclic amide) rings is 1. The van der Waals surface area contributed by atoms with Gasteiger partial charge in [0.25, 0.3) is 5.91 Å². The van der Waals surface area contributed by atoms with Crippen LogP contribution in [0.25, 0.3) is 0 Å². The van der Waals surface area contributed by atoms with Crippen molar-refractivity contribution in [2.45, 2.75) is 24.7 Å². The Morgan fingerprint density at radius 2 is 1.96 bits per heavy atom. The summed E-state index contributed by atoms with van der Waals surface area (Å²) in [5.41, 5.74) is 4.98. The van der Waals surface area contributed by atoms with E-state index in [0.717, 1.165) is 4.90 Å². The topological polar surface area (TPSA) is 139 Å². The summed E-state index contributed by atoms with van der Waals surface area (Å²) in [7, 11) is 0. The van der Waals surface area contributed by atoms with E-state index in [4.69, 9.17) is 10.8 Å². The zero-order valence-electron chi connectivity index (χ0n) is 12.9. The molecule has 2 saturated heterocycles. The van der Waals surface area contributed by atoms with Gasteiger partial charge in [-0.25, -0.2) is 9.59 Å². The van der Waals surface area contributed by atoms with Crippen LogP contribution in [-0.2, 0) is 19.1 Å². The number of hydrogen-bond donors (Lipinski definition) is 2. The highest BCUT2D eigenvalue weighted by atomic mass is 19.4. The van der Waals surface area contributed by atoms with Crippen LogP contribution < -0.4 is 5.73 Å². The largest absolute Gasteiger partial charge is 0.512 e. The molecular weight excluding hydrogens is 367 g/mol. The molecule has 2 fully saturated rings. The lowest BCUT2D eigenvalue weighted by Crippen LogP contribution is -2.74. The molecule has 3 heterocycles. The summed E-state index contributed by atoms with van der Waals surface area (Å²) >= 11 is 0. The Balaban J connectivity index is 1.91. The molecule has 3 amide bonds. The number of carbonyl (C=O) groups excluding carboxylic acids is 3. The van der Waals surface area contributed by atoms with Gasteiger partial charge in [0, 0.05) is 18.0 Å². The molecule has 13 heteroatoms. The average molecular weight is 379 g/mol. The number of amides is 3. The molecule has 3 aliphatic rings. The second-order valence-electron chi connectivity index (χ2n) is 5.84. The van der Waals surface area contributed by atoms with Crippen molar-refractivity contribution in [1.82, 2.24) is 9.80 Å². The Labute approximate surface area is 142 Å². The molecule has 3 N–H and O–H groups in total. The van der Waals surface area contributed by atoms with E-state index in [2.05, 4.69) is 9.47 Å². The van der Waals surface area contributed by atoms with Crippen molar-refractivity contribution in [2.75, 3.05) is 13.2 Å². The summed E-state index contributed by atoms with van der Waals surface area (Å²) in [5.74, 6) is -4.08. The first kappa shape index (κ1) is 17.8. The van der Waals surface area contributed by atoms with Crippen molar-refractivity contribution in [1.29, 1.82) is 0 Å². The molecule has 0 saturated carbocycles. The third-order valence-electron chi connectivity index (χ3n) is 4.54. The Bertz CT molecular complexity index is 735. The number of piperidine rings is 1. The van der Waals surface area contributed by atoms with Gasteiger partial charge < -0.3 is 25.2 Å². The minimum absolute atomic E-state index is 0.00327. The van der Waals surface area contributed by atoms with E-state index in [1.54, 1.807) is 0 Å². The summed E-state index contributed by atoms with van der Waals surface area (Å²) in [6.45, 7) is -0.854. The summed E-state index contributed by atoms with van der Waals surface area (Å²) in [6.07, 6.45) is -8.06. The third-order valence-corrected chi connectivity index (χ3v) is 4.54. The number of ether oxygens (including phenoxy) is 2. The van der Waals surface area contributed by atoms with E-state index in [1.807, 2.05) is 0 Å². The SMILES string of the molecule is NC(=O)OCC1=C(OC(=O)O)N2C(=O)[C@@H]3[C@H]2C1CCN3C(=O)C(F)(F)F. The molecule has 0 bridgehead atoms. The highest BCUT2D eigenvalue weighted by molar-refractivity contribution is 5.97. The molecule has 142 valence electrons. The third kappa shape index (κ3) is 2.59. The van der Waals surface area contributed by atoms with E-state index >= 15 is 0 Å². The Morgan fingerprint density at radius 1 is 1.31 bits per heavy atom. The molecule has 10 nitrogen and oxygen atoms in total. The van der Waals surface area contributed by atoms with Crippen LogP contribution in [0.3, 0.4) is 0 Å². The summed E-state index contributed by atoms with van der Waals surface area (Å²) < 4.78 is 47.4. The highest BCUT2D eigenvalue weighted by Crippen LogP contribution is 2.49. The van der Waals surface area contributed by atoms with Gasteiger partial charge in [-0.15, -0.1) is 0 Å². The van der Waals surface area contributed by atoms with Crippen LogP contribution >= 0.6 is 0 Å². The Morgan fingerprint density at radius 3 is 2.50 bits per heavy atom. The number of halogens is 3. The van der Waals surface area contributed by atoms with Gasteiger partial charge in [-0.2, -0.15) is 13.2 Å². The average Bonchev–Trinajstić information content (AvgIpc) is 2.80. The minimum atomic E-state index is -5.14. The maximum absolute atomic E-state index is 12.7. The standard InChI is InChI=1S/C13H12F3N3O7/c14-13(15,16)10(21)18-2-1-4-5(3-25-11(17)22)9(26-12(23)24)19-6(4)7(18)8(19)20/h4,6-7H,1-3H2,(H2,17,22)(H,23,24)/t4?,6-,7+/m1/s1. The van der Waals surface area contributed by atoms with Crippen LogP contribution in [0.4, 0.5) is 22.8 Å². The zero-order valence-corrected chi connectivity index (χ0v) is 12.9. The van der Waals surface area contributed by atoms with E-state index in [-0.39, 0.29) is 18.5 Å². The van der Waals surface area contributed by atoms with Gasteiger partial charge in [0.2, 0.25) is 5.88 Å². The van der Waals surface area contributed by atoms with Gasteiger partial charge in [-0.3, -0.25) is 14.5 Å². The van der Waals surface area contributed by atoms with Crippen LogP contribution in [0.2, 0.25) is 0 Å². The van der Waals surface area contributed by atoms with Gasteiger partial charge in [0.05, 0.1) is 6.04 Å².